The monoisotopic (exact) mass is 365 g/mol. The number of carbonyl (C=O) groups excluding carboxylic acids is 2. The quantitative estimate of drug-likeness (QED) is 0.591. The average Bonchev–Trinajstić information content (AvgIpc) is 3.13. The van der Waals surface area contributed by atoms with Crippen LogP contribution in [0.4, 0.5) is 0 Å². The maximum Gasteiger partial charge on any atom is 0.287 e. The summed E-state index contributed by atoms with van der Waals surface area (Å²) < 4.78 is 5.08. The Bertz CT molecular complexity index is 632. The molecule has 6 nitrogen and oxygen atoms in total. The van der Waals surface area contributed by atoms with Crippen LogP contribution in [0.5, 0.6) is 0 Å². The minimum absolute atomic E-state index is 0. The van der Waals surface area contributed by atoms with Gasteiger partial charge in [-0.25, -0.2) is 0 Å². The number of hydrogen-bond donors (Lipinski definition) is 3. The highest BCUT2D eigenvalue weighted by Gasteiger charge is 2.22. The van der Waals surface area contributed by atoms with Gasteiger partial charge < -0.3 is 20.8 Å². The first-order chi connectivity index (χ1) is 11.7. The van der Waals surface area contributed by atoms with Crippen molar-refractivity contribution < 1.29 is 14.0 Å². The number of nitrogens with two attached hydrogens (primary N) is 1. The smallest absolute Gasteiger partial charge is 0.287 e. The molecule has 0 saturated heterocycles. The van der Waals surface area contributed by atoms with Crippen LogP contribution in [0.25, 0.3) is 0 Å². The molecule has 2 amide bonds. The van der Waals surface area contributed by atoms with E-state index in [2.05, 4.69) is 10.6 Å². The summed E-state index contributed by atoms with van der Waals surface area (Å²) in [5, 5.41) is 5.59. The second-order valence-electron chi connectivity index (χ2n) is 5.48. The first-order valence-electron chi connectivity index (χ1n) is 8.07. The molecule has 0 aliphatic rings. The van der Waals surface area contributed by atoms with Gasteiger partial charge in [0.2, 0.25) is 5.91 Å². The third-order valence-corrected chi connectivity index (χ3v) is 3.58. The highest BCUT2D eigenvalue weighted by molar-refractivity contribution is 5.95. The topological polar surface area (TPSA) is 97.4 Å². The third kappa shape index (κ3) is 6.99. The third-order valence-electron chi connectivity index (χ3n) is 3.58. The molecule has 2 rings (SSSR count). The van der Waals surface area contributed by atoms with Gasteiger partial charge in [-0.1, -0.05) is 30.3 Å². The van der Waals surface area contributed by atoms with Crippen molar-refractivity contribution in [1.29, 1.82) is 0 Å². The molecule has 4 N–H and O–H groups in total. The largest absolute Gasteiger partial charge is 0.459 e. The van der Waals surface area contributed by atoms with Crippen LogP contribution >= 0.6 is 12.4 Å². The predicted octanol–water partition coefficient (Wildman–Crippen LogP) is 1.90. The highest BCUT2D eigenvalue weighted by Crippen LogP contribution is 2.06. The van der Waals surface area contributed by atoms with E-state index in [0.717, 1.165) is 18.4 Å². The molecule has 2 aromatic rings. The van der Waals surface area contributed by atoms with Crippen molar-refractivity contribution in [2.24, 2.45) is 5.73 Å². The van der Waals surface area contributed by atoms with Crippen LogP contribution in [0.1, 0.15) is 29.0 Å². The number of carbonyl (C=O) groups is 2. The fourth-order valence-electron chi connectivity index (χ4n) is 2.30. The summed E-state index contributed by atoms with van der Waals surface area (Å²) in [4.78, 5) is 24.6. The Labute approximate surface area is 153 Å². The van der Waals surface area contributed by atoms with Gasteiger partial charge in [-0.05, 0) is 37.1 Å². The molecule has 0 aliphatic carbocycles. The zero-order valence-corrected chi connectivity index (χ0v) is 14.8. The molecule has 1 heterocycles. The number of unbranched alkanes of at least 4 members (excludes halogenated alkanes) is 1. The van der Waals surface area contributed by atoms with Crippen molar-refractivity contribution in [2.75, 3.05) is 13.1 Å². The van der Waals surface area contributed by atoms with E-state index in [1.54, 1.807) is 12.1 Å². The standard InChI is InChI=1S/C18H23N3O3.ClH/c19-10-4-5-11-20-17(22)15(13-14-7-2-1-3-8-14)21-18(23)16-9-6-12-24-16;/h1-3,6-9,12,15H,4-5,10-11,13,19H2,(H,20,22)(H,21,23);1H. The minimum atomic E-state index is -0.664. The lowest BCUT2D eigenvalue weighted by atomic mass is 10.0. The van der Waals surface area contributed by atoms with E-state index < -0.39 is 11.9 Å². The van der Waals surface area contributed by atoms with Gasteiger partial charge >= 0.3 is 0 Å². The molecule has 0 radical (unpaired) electrons. The van der Waals surface area contributed by atoms with Crippen LogP contribution in [-0.2, 0) is 11.2 Å². The van der Waals surface area contributed by atoms with Crippen LogP contribution in [-0.4, -0.2) is 30.9 Å². The van der Waals surface area contributed by atoms with Crippen molar-refractivity contribution in [3.05, 3.63) is 60.1 Å². The summed E-state index contributed by atoms with van der Waals surface area (Å²) in [6.07, 6.45) is 3.50. The predicted molar refractivity (Wildman–Crippen MR) is 98.7 cm³/mol. The molecule has 0 bridgehead atoms. The summed E-state index contributed by atoms with van der Waals surface area (Å²) in [6, 6.07) is 12.1. The lowest BCUT2D eigenvalue weighted by Gasteiger charge is -2.18. The van der Waals surface area contributed by atoms with Crippen molar-refractivity contribution in [3.8, 4) is 0 Å². The maximum absolute atomic E-state index is 12.4. The Hall–Kier alpha value is -2.31. The molecule has 136 valence electrons. The number of hydrogen-bond acceptors (Lipinski definition) is 4. The number of furan rings is 1. The van der Waals surface area contributed by atoms with Gasteiger partial charge in [0.25, 0.3) is 5.91 Å². The molecule has 25 heavy (non-hydrogen) atoms. The van der Waals surface area contributed by atoms with E-state index in [1.165, 1.54) is 6.26 Å². The van der Waals surface area contributed by atoms with Crippen molar-refractivity contribution in [1.82, 2.24) is 10.6 Å². The van der Waals surface area contributed by atoms with Gasteiger partial charge in [-0.2, -0.15) is 0 Å². The Morgan fingerprint density at radius 1 is 1.08 bits per heavy atom. The normalized spacial score (nSPS) is 11.2. The molecule has 7 heteroatoms. The number of nitrogens with one attached hydrogen (secondary N) is 2. The van der Waals surface area contributed by atoms with Crippen molar-refractivity contribution >= 4 is 24.2 Å². The molecule has 1 unspecified atom stereocenters. The molecule has 0 fully saturated rings. The number of amides is 2. The minimum Gasteiger partial charge on any atom is -0.459 e. The van der Waals surface area contributed by atoms with Crippen LogP contribution in [0.15, 0.2) is 53.1 Å². The number of rotatable bonds is 9. The van der Waals surface area contributed by atoms with Crippen LogP contribution in [0.2, 0.25) is 0 Å². The fraction of sp³-hybridized carbons (Fsp3) is 0.333. The Morgan fingerprint density at radius 3 is 2.48 bits per heavy atom. The van der Waals surface area contributed by atoms with E-state index in [4.69, 9.17) is 10.2 Å². The van der Waals surface area contributed by atoms with Gasteiger partial charge in [0.15, 0.2) is 5.76 Å². The zero-order valence-electron chi connectivity index (χ0n) is 13.9. The van der Waals surface area contributed by atoms with E-state index in [0.29, 0.717) is 19.5 Å². The second kappa shape index (κ2) is 11.3. The summed E-state index contributed by atoms with van der Waals surface area (Å²) in [5.74, 6) is -0.433. The summed E-state index contributed by atoms with van der Waals surface area (Å²) in [7, 11) is 0. The second-order valence-corrected chi connectivity index (χ2v) is 5.48. The van der Waals surface area contributed by atoms with Gasteiger partial charge in [-0.15, -0.1) is 12.4 Å². The molecular formula is C18H24ClN3O3. The Morgan fingerprint density at radius 2 is 1.84 bits per heavy atom. The van der Waals surface area contributed by atoms with Crippen molar-refractivity contribution in [2.45, 2.75) is 25.3 Å². The van der Waals surface area contributed by atoms with Crippen molar-refractivity contribution in [3.63, 3.8) is 0 Å². The molecule has 0 spiro atoms. The van der Waals surface area contributed by atoms with E-state index in [9.17, 15) is 9.59 Å². The molecule has 0 saturated carbocycles. The zero-order chi connectivity index (χ0) is 17.2. The first kappa shape index (κ1) is 20.7. The van der Waals surface area contributed by atoms with Gasteiger partial charge in [-0.3, -0.25) is 9.59 Å². The van der Waals surface area contributed by atoms with E-state index in [-0.39, 0.29) is 24.1 Å². The van der Waals surface area contributed by atoms with Crippen LogP contribution < -0.4 is 16.4 Å². The van der Waals surface area contributed by atoms with Gasteiger partial charge in [0, 0.05) is 13.0 Å². The average molecular weight is 366 g/mol. The fourth-order valence-corrected chi connectivity index (χ4v) is 2.30. The van der Waals surface area contributed by atoms with Crippen LogP contribution in [0, 0.1) is 0 Å². The molecule has 1 atom stereocenters. The maximum atomic E-state index is 12.4. The summed E-state index contributed by atoms with van der Waals surface area (Å²) in [6.45, 7) is 1.14. The first-order valence-corrected chi connectivity index (χ1v) is 8.07. The van der Waals surface area contributed by atoms with Crippen LogP contribution in [0.3, 0.4) is 0 Å². The van der Waals surface area contributed by atoms with E-state index >= 15 is 0 Å². The summed E-state index contributed by atoms with van der Waals surface area (Å²) in [5.41, 5.74) is 6.42. The lowest BCUT2D eigenvalue weighted by molar-refractivity contribution is -0.122. The number of benzene rings is 1. The SMILES string of the molecule is Cl.NCCCCNC(=O)C(Cc1ccccc1)NC(=O)c1ccco1. The molecular weight excluding hydrogens is 342 g/mol. The summed E-state index contributed by atoms with van der Waals surface area (Å²) >= 11 is 0. The van der Waals surface area contributed by atoms with Gasteiger partial charge in [0.05, 0.1) is 6.26 Å². The number of halogens is 1. The Balaban J connectivity index is 0.00000312. The molecule has 1 aromatic carbocycles. The van der Waals surface area contributed by atoms with E-state index in [1.807, 2.05) is 30.3 Å². The molecule has 0 aliphatic heterocycles. The highest BCUT2D eigenvalue weighted by atomic mass is 35.5. The lowest BCUT2D eigenvalue weighted by Crippen LogP contribution is -2.48. The Kier molecular flexibility index (Phi) is 9.36. The molecule has 1 aromatic heterocycles. The van der Waals surface area contributed by atoms with Gasteiger partial charge in [0.1, 0.15) is 6.04 Å².